The summed E-state index contributed by atoms with van der Waals surface area (Å²) in [6.07, 6.45) is 1.70. The monoisotopic (exact) mass is 1260 g/mol. The molecule has 0 spiro atoms. The standard InChI is InChI=1S/C60H46O4S2.2C7H7.Hf/c61-57-53(39-65-59(57)49-35-45(41-19-5-1-6-20-41)33-46(36-49)42-21-7-2-8-22-42)51-27-13-15-29-55(51)63-31-17-18-32-64-56-30-16-14-28-52(56)54-40-66-60(58(54)62)50-37-47(43-23-9-3-10-24-43)34-48(38-50)44-25-11-4-12-26-44;2*1-7-5-3-2-4-6-7;/h1-16,19-30,33-40,61-62H,17-18,31-32H2;2*2-6H,1H2;/q;2*-1;/p+2. The van der Waals surface area contributed by atoms with Crippen LogP contribution >= 0.6 is 22.7 Å². The van der Waals surface area contributed by atoms with Gasteiger partial charge in [-0.2, -0.15) is 49.2 Å². The molecule has 2 aromatic heterocycles. The van der Waals surface area contributed by atoms with Crippen LogP contribution in [0.5, 0.6) is 23.0 Å². The Hall–Kier alpha value is -8.59. The largest absolute Gasteiger partial charge is 0.582 e. The van der Waals surface area contributed by atoms with Gasteiger partial charge in [0.1, 0.15) is 11.5 Å². The molecule has 0 radical (unpaired) electrons. The number of unbranched alkanes of at least 4 members (excludes halogenated alkanes) is 1. The van der Waals surface area contributed by atoms with Crippen LogP contribution in [0.25, 0.3) is 87.6 Å². The van der Waals surface area contributed by atoms with Crippen molar-refractivity contribution in [3.8, 4) is 111 Å². The van der Waals surface area contributed by atoms with Crippen LogP contribution in [0.2, 0.25) is 0 Å². The first-order valence-corrected chi connectivity index (χ1v) is 28.5. The van der Waals surface area contributed by atoms with E-state index in [1.807, 2.05) is 144 Å². The molecule has 12 rings (SSSR count). The Kier molecular flexibility index (Phi) is 20.1. The van der Waals surface area contributed by atoms with E-state index in [2.05, 4.69) is 147 Å². The number of benzene rings is 10. The van der Waals surface area contributed by atoms with E-state index in [9.17, 15) is 10.2 Å². The van der Waals surface area contributed by atoms with E-state index in [-0.39, 0.29) is 37.3 Å². The number of ether oxygens (including phenoxy) is 2. The van der Waals surface area contributed by atoms with Crippen molar-refractivity contribution in [2.24, 2.45) is 0 Å². The smallest absolute Gasteiger partial charge is 0.262 e. The van der Waals surface area contributed by atoms with Crippen molar-refractivity contribution in [1.82, 2.24) is 0 Å². The van der Waals surface area contributed by atoms with Gasteiger partial charge in [0.05, 0.1) is 20.9 Å². The maximum absolute atomic E-state index is 11.9. The minimum Gasteiger partial charge on any atom is -0.582 e. The molecule has 7 heteroatoms. The predicted octanol–water partition coefficient (Wildman–Crippen LogP) is 20.3. The summed E-state index contributed by atoms with van der Waals surface area (Å²) < 4.78 is 10.1. The fourth-order valence-electron chi connectivity index (χ4n) is 9.46. The van der Waals surface area contributed by atoms with Gasteiger partial charge in [0.25, 0.3) is 11.5 Å². The molecule has 0 saturated carbocycles. The fraction of sp³-hybridized carbons (Fsp3) is 0.0541. The van der Waals surface area contributed by atoms with Gasteiger partial charge in [-0.15, -0.1) is 46.9 Å². The second-order valence-corrected chi connectivity index (χ2v) is 21.0. The molecule has 398 valence electrons. The number of rotatable bonds is 15. The molecule has 2 heterocycles. The zero-order chi connectivity index (χ0) is 54.9. The van der Waals surface area contributed by atoms with E-state index < -0.39 is 0 Å². The van der Waals surface area contributed by atoms with Crippen LogP contribution < -0.4 is 0 Å². The Morgan fingerprint density at radius 1 is 0.296 bits per heavy atom. The van der Waals surface area contributed by atoms with Crippen LogP contribution in [0.15, 0.2) is 278 Å². The second kappa shape index (κ2) is 28.5. The Morgan fingerprint density at radius 3 is 0.840 bits per heavy atom. The van der Waals surface area contributed by atoms with Crippen LogP contribution in [0.1, 0.15) is 24.0 Å². The summed E-state index contributed by atoms with van der Waals surface area (Å²) in [5.41, 5.74) is 16.4. The topological polar surface area (TPSA) is 66.1 Å². The summed E-state index contributed by atoms with van der Waals surface area (Å²) in [5, 5.41) is 27.8. The first kappa shape index (κ1) is 57.1. The molecule has 0 aliphatic rings. The first-order valence-electron chi connectivity index (χ1n) is 26.8. The average Bonchev–Trinajstić information content (AvgIpc) is 4.12. The van der Waals surface area contributed by atoms with Crippen LogP contribution in [0.3, 0.4) is 0 Å². The number of hydrogen-bond donors (Lipinski definition) is 2. The summed E-state index contributed by atoms with van der Waals surface area (Å²) >= 11 is 3.11. The Bertz CT molecular complexity index is 3490. The third-order valence-electron chi connectivity index (χ3n) is 13.6. The van der Waals surface area contributed by atoms with E-state index in [0.29, 0.717) is 13.2 Å². The van der Waals surface area contributed by atoms with Crippen LogP contribution in [0, 0.1) is 13.8 Å². The first-order chi connectivity index (χ1) is 39.4. The summed E-state index contributed by atoms with van der Waals surface area (Å²) in [7, 11) is 0. The molecule has 0 bridgehead atoms. The Morgan fingerprint density at radius 2 is 0.556 bits per heavy atom. The van der Waals surface area contributed by atoms with Crippen molar-refractivity contribution in [2.75, 3.05) is 13.2 Å². The van der Waals surface area contributed by atoms with Crippen LogP contribution in [0.4, 0.5) is 0 Å². The molecular formula is C74H62HfO4S2. The molecule has 81 heavy (non-hydrogen) atoms. The molecule has 0 saturated heterocycles. The average molecular weight is 1260 g/mol. The molecule has 12 aromatic rings. The van der Waals surface area contributed by atoms with Crippen molar-refractivity contribution in [3.05, 3.63) is 303 Å². The predicted molar refractivity (Wildman–Crippen MR) is 340 cm³/mol. The molecule has 4 N–H and O–H groups in total. The number of hydrogen-bond acceptors (Lipinski definition) is 4. The zero-order valence-corrected chi connectivity index (χ0v) is 50.1. The normalized spacial score (nSPS) is 10.5. The molecule has 0 fully saturated rings. The van der Waals surface area contributed by atoms with E-state index >= 15 is 0 Å². The zero-order valence-electron chi connectivity index (χ0n) is 44.9. The van der Waals surface area contributed by atoms with Gasteiger partial charge in [-0.25, -0.2) is 0 Å². The minimum absolute atomic E-state index is 0. The van der Waals surface area contributed by atoms with Crippen molar-refractivity contribution in [2.45, 2.75) is 12.8 Å². The number of thiophene rings is 2. The van der Waals surface area contributed by atoms with Gasteiger partial charge < -0.3 is 19.7 Å². The number of aromatic hydroxyl groups is 4. The molecule has 0 aliphatic heterocycles. The van der Waals surface area contributed by atoms with Crippen LogP contribution in [-0.4, -0.2) is 32.9 Å². The fourth-order valence-corrected chi connectivity index (χ4v) is 11.4. The van der Waals surface area contributed by atoms with Gasteiger partial charge in [0.15, 0.2) is 13.2 Å². The van der Waals surface area contributed by atoms with Gasteiger partial charge in [-0.1, -0.05) is 158 Å². The molecule has 0 atom stereocenters. The maximum atomic E-state index is 11.9. The second-order valence-electron chi connectivity index (χ2n) is 19.2. The van der Waals surface area contributed by atoms with Crippen molar-refractivity contribution in [3.63, 3.8) is 0 Å². The minimum atomic E-state index is 0. The number of aliphatic hydroxyl groups is 2. The molecule has 0 aliphatic carbocycles. The van der Waals surface area contributed by atoms with E-state index in [1.165, 1.54) is 0 Å². The Labute approximate surface area is 503 Å². The van der Waals surface area contributed by atoms with Gasteiger partial charge in [0, 0.05) is 72.7 Å². The van der Waals surface area contributed by atoms with Crippen LogP contribution in [-0.2, 0) is 25.8 Å². The van der Waals surface area contributed by atoms with Gasteiger partial charge >= 0.3 is 0 Å². The van der Waals surface area contributed by atoms with E-state index in [1.54, 1.807) is 22.7 Å². The van der Waals surface area contributed by atoms with Crippen molar-refractivity contribution < 1.29 is 45.5 Å². The maximum Gasteiger partial charge on any atom is 0.262 e. The summed E-state index contributed by atoms with van der Waals surface area (Å²) in [5.74, 6) is 2.25. The Balaban J connectivity index is 0.000000462. The third kappa shape index (κ3) is 14.8. The molecule has 10 aromatic carbocycles. The molecule has 4 nitrogen and oxygen atoms in total. The molecule has 0 unspecified atom stereocenters. The van der Waals surface area contributed by atoms with Crippen molar-refractivity contribution >= 4 is 22.7 Å². The van der Waals surface area contributed by atoms with E-state index in [4.69, 9.17) is 9.47 Å². The van der Waals surface area contributed by atoms with Gasteiger partial charge in [-0.05, 0) is 104 Å². The SMILES string of the molecule is Oc1c(-c2ccccc2[OH+]CCCC[OH+]c2ccccc2-c2csc(-c3cc(-c4ccccc4)cc(-c4ccccc4)c3)c2O)csc1-c1cc(-c2ccccc2)cc(-c2ccccc2)c1.[CH2-]c1ccccc1.[CH2-]c1ccccc1.[Hf]. The number of para-hydroxylation sites is 2. The summed E-state index contributed by atoms with van der Waals surface area (Å²) in [4.78, 5) is 1.66. The van der Waals surface area contributed by atoms with Gasteiger partial charge in [-0.3, -0.25) is 0 Å². The summed E-state index contributed by atoms with van der Waals surface area (Å²) in [6, 6.07) is 90.6. The third-order valence-corrected chi connectivity index (χ3v) is 15.6. The quantitative estimate of drug-likeness (QED) is 0.0465. The van der Waals surface area contributed by atoms with Gasteiger partial charge in [0.2, 0.25) is 0 Å². The van der Waals surface area contributed by atoms with Crippen molar-refractivity contribution in [1.29, 1.82) is 0 Å². The molecule has 0 amide bonds. The summed E-state index contributed by atoms with van der Waals surface area (Å²) in [6.45, 7) is 8.71. The molecular weight excluding hydrogens is 1200 g/mol. The van der Waals surface area contributed by atoms with E-state index in [0.717, 1.165) is 123 Å².